The molecule has 0 spiro atoms. The summed E-state index contributed by atoms with van der Waals surface area (Å²) >= 11 is 1.42. The van der Waals surface area contributed by atoms with Crippen LogP contribution in [0.3, 0.4) is 0 Å². The third-order valence-corrected chi connectivity index (χ3v) is 8.29. The number of piperidine rings is 1. The predicted octanol–water partition coefficient (Wildman–Crippen LogP) is 4.49. The van der Waals surface area contributed by atoms with Crippen molar-refractivity contribution in [3.8, 4) is 27.6 Å². The maximum Gasteiger partial charge on any atom is 0.264 e. The average molecular weight is 505 g/mol. The molecule has 2 atom stereocenters. The Kier molecular flexibility index (Phi) is 7.06. The number of anilines is 1. The number of benzene rings is 2. The number of amides is 1. The van der Waals surface area contributed by atoms with Gasteiger partial charge in [0.15, 0.2) is 0 Å². The summed E-state index contributed by atoms with van der Waals surface area (Å²) in [6.45, 7) is 2.83. The van der Waals surface area contributed by atoms with Crippen LogP contribution in [0.15, 0.2) is 48.5 Å². The third kappa shape index (κ3) is 4.87. The molecule has 2 aliphatic rings. The maximum atomic E-state index is 14.5. The van der Waals surface area contributed by atoms with Gasteiger partial charge in [-0.2, -0.15) is 5.26 Å². The molecule has 2 fully saturated rings. The second kappa shape index (κ2) is 10.4. The van der Waals surface area contributed by atoms with Gasteiger partial charge in [0, 0.05) is 48.3 Å². The lowest BCUT2D eigenvalue weighted by Gasteiger charge is -2.32. The molecule has 8 heteroatoms. The molecular weight excluding hydrogens is 475 g/mol. The van der Waals surface area contributed by atoms with Gasteiger partial charge in [-0.3, -0.25) is 4.79 Å². The topological polar surface area (TPSA) is 79.6 Å². The number of carbonyl (C=O) groups excluding carboxylic acids is 1. The first-order chi connectivity index (χ1) is 17.5. The van der Waals surface area contributed by atoms with E-state index in [9.17, 15) is 14.3 Å². The fourth-order valence-electron chi connectivity index (χ4n) is 5.05. The zero-order valence-electron chi connectivity index (χ0n) is 20.2. The normalized spacial score (nSPS) is 19.9. The number of β-amino-alcohol motifs (C(OH)–C–C–N with tert-alkyl or cyclic N) is 1. The van der Waals surface area contributed by atoms with Gasteiger partial charge in [-0.25, -0.2) is 4.39 Å². The summed E-state index contributed by atoms with van der Waals surface area (Å²) in [6, 6.07) is 16.7. The molecule has 36 heavy (non-hydrogen) atoms. The van der Waals surface area contributed by atoms with Gasteiger partial charge in [-0.15, -0.1) is 11.3 Å². The van der Waals surface area contributed by atoms with Gasteiger partial charge in [-0.1, -0.05) is 18.2 Å². The number of thiophene rings is 1. The van der Waals surface area contributed by atoms with E-state index in [1.54, 1.807) is 6.07 Å². The fraction of sp³-hybridized carbons (Fsp3) is 0.357. The Balaban J connectivity index is 1.52. The van der Waals surface area contributed by atoms with Gasteiger partial charge in [0.25, 0.3) is 5.91 Å². The van der Waals surface area contributed by atoms with Crippen LogP contribution in [0.4, 0.5) is 10.1 Å². The summed E-state index contributed by atoms with van der Waals surface area (Å²) in [5.74, 6) is -0.583. The number of aliphatic hydroxyl groups excluding tert-OH is 1. The van der Waals surface area contributed by atoms with Crippen molar-refractivity contribution in [1.29, 1.82) is 5.26 Å². The highest BCUT2D eigenvalue weighted by atomic mass is 32.1. The number of aliphatic hydroxyl groups is 1. The van der Waals surface area contributed by atoms with Crippen molar-refractivity contribution in [3.05, 3.63) is 64.8 Å². The van der Waals surface area contributed by atoms with Crippen molar-refractivity contribution in [2.45, 2.75) is 31.4 Å². The fourth-order valence-corrected chi connectivity index (χ4v) is 6.21. The molecule has 186 valence electrons. The monoisotopic (exact) mass is 504 g/mol. The smallest absolute Gasteiger partial charge is 0.264 e. The first-order valence-corrected chi connectivity index (χ1v) is 13.1. The summed E-state index contributed by atoms with van der Waals surface area (Å²) in [4.78, 5) is 19.0. The largest absolute Gasteiger partial charge is 0.391 e. The molecule has 2 aromatic carbocycles. The highest BCUT2D eigenvalue weighted by Gasteiger charge is 2.27. The Hall–Kier alpha value is -3.25. The molecule has 0 saturated carbocycles. The van der Waals surface area contributed by atoms with E-state index in [1.165, 1.54) is 23.5 Å². The number of nitrogens with one attached hydrogen (secondary N) is 1. The van der Waals surface area contributed by atoms with E-state index in [-0.39, 0.29) is 23.6 Å². The van der Waals surface area contributed by atoms with Gasteiger partial charge in [0.1, 0.15) is 11.9 Å². The van der Waals surface area contributed by atoms with Crippen LogP contribution >= 0.6 is 11.3 Å². The number of nitriles is 1. The van der Waals surface area contributed by atoms with Crippen LogP contribution in [0.25, 0.3) is 21.6 Å². The second-order valence-electron chi connectivity index (χ2n) is 9.47. The van der Waals surface area contributed by atoms with Crippen LogP contribution in [0.5, 0.6) is 0 Å². The van der Waals surface area contributed by atoms with E-state index in [2.05, 4.69) is 10.2 Å². The Labute approximate surface area is 214 Å². The van der Waals surface area contributed by atoms with Crippen LogP contribution < -0.4 is 10.2 Å². The molecule has 1 amide bonds. The van der Waals surface area contributed by atoms with Gasteiger partial charge < -0.3 is 20.2 Å². The molecule has 0 aliphatic carbocycles. The number of carbonyl (C=O) groups is 1. The van der Waals surface area contributed by atoms with Crippen molar-refractivity contribution < 1.29 is 14.3 Å². The van der Waals surface area contributed by atoms with Crippen molar-refractivity contribution in [2.75, 3.05) is 38.1 Å². The minimum absolute atomic E-state index is 0.00425. The molecule has 1 aromatic heterocycles. The highest BCUT2D eigenvalue weighted by Crippen LogP contribution is 2.41. The number of nitrogens with zero attached hydrogens (tertiary/aromatic N) is 3. The molecule has 2 N–H and O–H groups in total. The molecule has 5 rings (SSSR count). The Morgan fingerprint density at radius 3 is 2.56 bits per heavy atom. The SMILES string of the molecule is CN[C@@H]1CCCN(C(=O)c2cc(-c3ccc(C#N)c(F)c3)c(-c3ccc(N4CC[C@H](O)C4)cc3)s2)C1. The average Bonchev–Trinajstić information content (AvgIpc) is 3.55. The summed E-state index contributed by atoms with van der Waals surface area (Å²) in [6.07, 6.45) is 2.46. The van der Waals surface area contributed by atoms with Gasteiger partial charge >= 0.3 is 0 Å². The number of likely N-dealkylation sites (N-methyl/N-ethyl adjacent to an activating group) is 1. The molecule has 2 saturated heterocycles. The van der Waals surface area contributed by atoms with Gasteiger partial charge in [0.05, 0.1) is 16.5 Å². The lowest BCUT2D eigenvalue weighted by Crippen LogP contribution is -2.46. The van der Waals surface area contributed by atoms with Gasteiger partial charge in [-0.05, 0) is 67.8 Å². The minimum atomic E-state index is -0.573. The first-order valence-electron chi connectivity index (χ1n) is 12.3. The third-order valence-electron chi connectivity index (χ3n) is 7.12. The molecule has 0 radical (unpaired) electrons. The van der Waals surface area contributed by atoms with E-state index < -0.39 is 5.82 Å². The highest BCUT2D eigenvalue weighted by molar-refractivity contribution is 7.18. The van der Waals surface area contributed by atoms with E-state index in [1.807, 2.05) is 48.3 Å². The lowest BCUT2D eigenvalue weighted by atomic mass is 10.0. The van der Waals surface area contributed by atoms with Crippen LogP contribution in [0, 0.1) is 17.1 Å². The van der Waals surface area contributed by atoms with E-state index in [0.717, 1.165) is 54.0 Å². The number of hydrogen-bond donors (Lipinski definition) is 2. The minimum Gasteiger partial charge on any atom is -0.391 e. The molecule has 3 aromatic rings. The van der Waals surface area contributed by atoms with Gasteiger partial charge in [0.2, 0.25) is 0 Å². The van der Waals surface area contributed by atoms with E-state index >= 15 is 0 Å². The molecule has 6 nitrogen and oxygen atoms in total. The van der Waals surface area contributed by atoms with Crippen LogP contribution in [-0.2, 0) is 0 Å². The number of halogens is 1. The standard InChI is InChI=1S/C28H29FN4O2S/c1-31-21-3-2-11-33(16-21)28(35)26-14-24(19-4-5-20(15-30)25(29)13-19)27(36-26)18-6-8-22(9-7-18)32-12-10-23(34)17-32/h4-9,13-14,21,23,31,34H,2-3,10-12,16-17H2,1H3/t21-,23+/m1/s1. The maximum absolute atomic E-state index is 14.5. The lowest BCUT2D eigenvalue weighted by molar-refractivity contribution is 0.0703. The quantitative estimate of drug-likeness (QED) is 0.535. The van der Waals surface area contributed by atoms with Crippen LogP contribution in [0.2, 0.25) is 0 Å². The molecule has 3 heterocycles. The molecular formula is C28H29FN4O2S. The second-order valence-corrected chi connectivity index (χ2v) is 10.5. The van der Waals surface area contributed by atoms with Crippen molar-refractivity contribution >= 4 is 22.9 Å². The molecule has 2 aliphatic heterocycles. The summed E-state index contributed by atoms with van der Waals surface area (Å²) < 4.78 is 14.5. The number of rotatable bonds is 5. The van der Waals surface area contributed by atoms with Crippen LogP contribution in [-0.4, -0.2) is 61.3 Å². The van der Waals surface area contributed by atoms with Crippen LogP contribution in [0.1, 0.15) is 34.5 Å². The van der Waals surface area contributed by atoms with E-state index in [4.69, 9.17) is 5.26 Å². The summed E-state index contributed by atoms with van der Waals surface area (Å²) in [7, 11) is 1.92. The van der Waals surface area contributed by atoms with Crippen molar-refractivity contribution in [1.82, 2.24) is 10.2 Å². The molecule has 0 unspecified atom stereocenters. The molecule has 0 bridgehead atoms. The van der Waals surface area contributed by atoms with Crippen molar-refractivity contribution in [3.63, 3.8) is 0 Å². The summed E-state index contributed by atoms with van der Waals surface area (Å²) in [5, 5.41) is 22.3. The Morgan fingerprint density at radius 2 is 1.89 bits per heavy atom. The zero-order chi connectivity index (χ0) is 25.2. The predicted molar refractivity (Wildman–Crippen MR) is 141 cm³/mol. The Bertz CT molecular complexity index is 1300. The van der Waals surface area contributed by atoms with Crippen molar-refractivity contribution in [2.24, 2.45) is 0 Å². The van der Waals surface area contributed by atoms with E-state index in [0.29, 0.717) is 23.5 Å². The summed E-state index contributed by atoms with van der Waals surface area (Å²) in [5.41, 5.74) is 3.39. The number of hydrogen-bond acceptors (Lipinski definition) is 6. The number of likely N-dealkylation sites (tertiary alicyclic amines) is 1. The zero-order valence-corrected chi connectivity index (χ0v) is 21.0. The Morgan fingerprint density at radius 1 is 1.11 bits per heavy atom. The first kappa shape index (κ1) is 24.4.